The molecule has 1 aliphatic rings. The molecule has 0 aromatic heterocycles. The van der Waals surface area contributed by atoms with Crippen LogP contribution in [0.5, 0.6) is 5.75 Å². The van der Waals surface area contributed by atoms with Crippen molar-refractivity contribution in [2.75, 3.05) is 6.61 Å². The molecule has 2 nitrogen and oxygen atoms in total. The van der Waals surface area contributed by atoms with Crippen molar-refractivity contribution in [3.05, 3.63) is 29.3 Å². The van der Waals surface area contributed by atoms with Crippen molar-refractivity contribution >= 4 is 5.78 Å². The fraction of sp³-hybridized carbons (Fsp3) is 0.533. The molecule has 1 aromatic rings. The zero-order valence-corrected chi connectivity index (χ0v) is 10.7. The predicted molar refractivity (Wildman–Crippen MR) is 68.4 cm³/mol. The molecule has 2 rings (SSSR count). The maximum absolute atomic E-state index is 11.7. The van der Waals surface area contributed by atoms with Crippen LogP contribution in [0.4, 0.5) is 0 Å². The largest absolute Gasteiger partial charge is 0.486 e. The summed E-state index contributed by atoms with van der Waals surface area (Å²) in [5.74, 6) is 1.12. The molecule has 1 aliphatic carbocycles. The zero-order chi connectivity index (χ0) is 12.3. The molecule has 0 fully saturated rings. The molecule has 0 heterocycles. The highest BCUT2D eigenvalue weighted by Gasteiger charge is 2.13. The lowest BCUT2D eigenvalue weighted by atomic mass is 10.0. The Morgan fingerprint density at radius 2 is 2.12 bits per heavy atom. The van der Waals surface area contributed by atoms with Gasteiger partial charge < -0.3 is 4.74 Å². The molecule has 0 aliphatic heterocycles. The molecule has 0 saturated carbocycles. The monoisotopic (exact) mass is 232 g/mol. The highest BCUT2D eigenvalue weighted by Crippen LogP contribution is 2.26. The number of carbonyl (C=O) groups excluding carboxylic acids is 1. The summed E-state index contributed by atoms with van der Waals surface area (Å²) in [5, 5.41) is 0. The predicted octanol–water partition coefficient (Wildman–Crippen LogP) is 3.17. The Morgan fingerprint density at radius 3 is 2.88 bits per heavy atom. The van der Waals surface area contributed by atoms with E-state index < -0.39 is 0 Å². The number of fused-ring (bicyclic) bond motifs is 1. The fourth-order valence-electron chi connectivity index (χ4n) is 2.16. The summed E-state index contributed by atoms with van der Waals surface area (Å²) >= 11 is 0. The van der Waals surface area contributed by atoms with E-state index in [9.17, 15) is 4.79 Å². The molecular weight excluding hydrogens is 212 g/mol. The maximum Gasteiger partial charge on any atom is 0.172 e. The number of benzene rings is 1. The van der Waals surface area contributed by atoms with Gasteiger partial charge in [0.05, 0.1) is 0 Å². The SMILES string of the molecule is CCC(C)C(=O)COc1ccc2c(c1)CCC2. The molecule has 0 saturated heterocycles. The van der Waals surface area contributed by atoms with Gasteiger partial charge in [0.15, 0.2) is 5.78 Å². The minimum atomic E-state index is 0.101. The van der Waals surface area contributed by atoms with Crippen molar-refractivity contribution in [2.24, 2.45) is 5.92 Å². The van der Waals surface area contributed by atoms with Crippen LogP contribution in [0.1, 0.15) is 37.8 Å². The van der Waals surface area contributed by atoms with Gasteiger partial charge in [0.1, 0.15) is 12.4 Å². The van der Waals surface area contributed by atoms with Crippen molar-refractivity contribution in [3.8, 4) is 5.75 Å². The lowest BCUT2D eigenvalue weighted by molar-refractivity contribution is -0.124. The molecule has 1 aromatic carbocycles. The standard InChI is InChI=1S/C15H20O2/c1-3-11(2)15(16)10-17-14-8-7-12-5-4-6-13(12)9-14/h7-9,11H,3-6,10H2,1-2H3. The lowest BCUT2D eigenvalue weighted by Crippen LogP contribution is -2.18. The zero-order valence-electron chi connectivity index (χ0n) is 10.7. The first kappa shape index (κ1) is 12.2. The molecule has 1 atom stereocenters. The average Bonchev–Trinajstić information content (AvgIpc) is 2.82. The molecule has 1 unspecified atom stereocenters. The van der Waals surface area contributed by atoms with Gasteiger partial charge >= 0.3 is 0 Å². The van der Waals surface area contributed by atoms with E-state index in [1.165, 1.54) is 24.0 Å². The first-order valence-corrected chi connectivity index (χ1v) is 6.48. The number of aryl methyl sites for hydroxylation is 2. The molecule has 0 bridgehead atoms. The van der Waals surface area contributed by atoms with Crippen molar-refractivity contribution in [1.29, 1.82) is 0 Å². The smallest absolute Gasteiger partial charge is 0.172 e. The second-order valence-electron chi connectivity index (χ2n) is 4.85. The summed E-state index contributed by atoms with van der Waals surface area (Å²) in [4.78, 5) is 11.7. The van der Waals surface area contributed by atoms with Crippen LogP contribution in [0.3, 0.4) is 0 Å². The van der Waals surface area contributed by atoms with Gasteiger partial charge in [0, 0.05) is 5.92 Å². The summed E-state index contributed by atoms with van der Waals surface area (Å²) in [5.41, 5.74) is 2.82. The fourth-order valence-corrected chi connectivity index (χ4v) is 2.16. The summed E-state index contributed by atoms with van der Waals surface area (Å²) in [6, 6.07) is 6.20. The third kappa shape index (κ3) is 2.87. The van der Waals surface area contributed by atoms with Crippen molar-refractivity contribution in [3.63, 3.8) is 0 Å². The van der Waals surface area contributed by atoms with E-state index in [-0.39, 0.29) is 18.3 Å². The third-order valence-corrected chi connectivity index (χ3v) is 3.61. The maximum atomic E-state index is 11.7. The van der Waals surface area contributed by atoms with Crippen molar-refractivity contribution < 1.29 is 9.53 Å². The molecular formula is C15H20O2. The van der Waals surface area contributed by atoms with E-state index in [2.05, 4.69) is 12.1 Å². The average molecular weight is 232 g/mol. The molecule has 92 valence electrons. The van der Waals surface area contributed by atoms with Gasteiger partial charge in [-0.2, -0.15) is 0 Å². The van der Waals surface area contributed by atoms with Crippen LogP contribution in [-0.4, -0.2) is 12.4 Å². The third-order valence-electron chi connectivity index (χ3n) is 3.61. The number of hydrogen-bond acceptors (Lipinski definition) is 2. The van der Waals surface area contributed by atoms with Gasteiger partial charge in [-0.15, -0.1) is 0 Å². The number of ether oxygens (including phenoxy) is 1. The topological polar surface area (TPSA) is 26.3 Å². The molecule has 0 amide bonds. The molecule has 0 N–H and O–H groups in total. The summed E-state index contributed by atoms with van der Waals surface area (Å²) in [7, 11) is 0. The Bertz CT molecular complexity index is 409. The van der Waals surface area contributed by atoms with Gasteiger partial charge in [-0.25, -0.2) is 0 Å². The lowest BCUT2D eigenvalue weighted by Gasteiger charge is -2.10. The van der Waals surface area contributed by atoms with Crippen LogP contribution >= 0.6 is 0 Å². The van der Waals surface area contributed by atoms with Gasteiger partial charge in [0.25, 0.3) is 0 Å². The van der Waals surface area contributed by atoms with E-state index in [0.29, 0.717) is 0 Å². The van der Waals surface area contributed by atoms with Crippen LogP contribution in [0, 0.1) is 5.92 Å². The summed E-state index contributed by atoms with van der Waals surface area (Å²) < 4.78 is 5.57. The first-order valence-electron chi connectivity index (χ1n) is 6.48. The van der Waals surface area contributed by atoms with Gasteiger partial charge in [-0.3, -0.25) is 4.79 Å². The van der Waals surface area contributed by atoms with Gasteiger partial charge in [-0.1, -0.05) is 19.9 Å². The molecule has 17 heavy (non-hydrogen) atoms. The van der Waals surface area contributed by atoms with Crippen LogP contribution in [0.2, 0.25) is 0 Å². The normalized spacial score (nSPS) is 15.4. The van der Waals surface area contributed by atoms with Crippen LogP contribution < -0.4 is 4.74 Å². The van der Waals surface area contributed by atoms with E-state index in [4.69, 9.17) is 4.74 Å². The Balaban J connectivity index is 1.93. The molecule has 0 spiro atoms. The minimum Gasteiger partial charge on any atom is -0.486 e. The van der Waals surface area contributed by atoms with Gasteiger partial charge in [-0.05, 0) is 48.9 Å². The van der Waals surface area contributed by atoms with E-state index in [1.54, 1.807) is 0 Å². The van der Waals surface area contributed by atoms with E-state index in [0.717, 1.165) is 18.6 Å². The Morgan fingerprint density at radius 1 is 1.35 bits per heavy atom. The minimum absolute atomic E-state index is 0.101. The first-order chi connectivity index (χ1) is 8.20. The Hall–Kier alpha value is -1.31. The van der Waals surface area contributed by atoms with E-state index >= 15 is 0 Å². The summed E-state index contributed by atoms with van der Waals surface area (Å²) in [6.07, 6.45) is 4.45. The highest BCUT2D eigenvalue weighted by molar-refractivity contribution is 5.82. The second-order valence-corrected chi connectivity index (χ2v) is 4.85. The Labute approximate surface area is 103 Å². The van der Waals surface area contributed by atoms with Crippen LogP contribution in [-0.2, 0) is 17.6 Å². The summed E-state index contributed by atoms with van der Waals surface area (Å²) in [6.45, 7) is 4.18. The Kier molecular flexibility index (Phi) is 3.82. The number of carbonyl (C=O) groups is 1. The van der Waals surface area contributed by atoms with Crippen molar-refractivity contribution in [1.82, 2.24) is 0 Å². The number of Topliss-reactive ketones (excluding diaryl/α,β-unsaturated/α-hetero) is 1. The second kappa shape index (κ2) is 5.35. The molecule has 2 heteroatoms. The van der Waals surface area contributed by atoms with Gasteiger partial charge in [0.2, 0.25) is 0 Å². The molecule has 0 radical (unpaired) electrons. The van der Waals surface area contributed by atoms with E-state index in [1.807, 2.05) is 19.9 Å². The number of rotatable bonds is 5. The van der Waals surface area contributed by atoms with Crippen LogP contribution in [0.25, 0.3) is 0 Å². The number of hydrogen-bond donors (Lipinski definition) is 0. The quantitative estimate of drug-likeness (QED) is 0.779. The highest BCUT2D eigenvalue weighted by atomic mass is 16.5. The number of ketones is 1. The van der Waals surface area contributed by atoms with Crippen LogP contribution in [0.15, 0.2) is 18.2 Å². The van der Waals surface area contributed by atoms with Crippen molar-refractivity contribution in [2.45, 2.75) is 39.5 Å².